The molecule has 1 aromatic rings. The van der Waals surface area contributed by atoms with Crippen molar-refractivity contribution < 1.29 is 4.74 Å². The fourth-order valence-corrected chi connectivity index (χ4v) is 1.68. The van der Waals surface area contributed by atoms with Crippen LogP contribution in [0.3, 0.4) is 0 Å². The summed E-state index contributed by atoms with van der Waals surface area (Å²) in [5, 5.41) is 8.46. The van der Waals surface area contributed by atoms with E-state index in [4.69, 9.17) is 10.00 Å². The van der Waals surface area contributed by atoms with Gasteiger partial charge >= 0.3 is 0 Å². The summed E-state index contributed by atoms with van der Waals surface area (Å²) in [5.41, 5.74) is 0. The van der Waals surface area contributed by atoms with E-state index in [-0.39, 0.29) is 0 Å². The molecule has 1 rings (SSSR count). The van der Waals surface area contributed by atoms with Crippen molar-refractivity contribution in [1.29, 1.82) is 5.26 Å². The van der Waals surface area contributed by atoms with E-state index >= 15 is 0 Å². The van der Waals surface area contributed by atoms with Gasteiger partial charge in [-0.05, 0) is 27.5 Å². The third kappa shape index (κ3) is 1.13. The molecule has 0 aliphatic carbocycles. The minimum Gasteiger partial charge on any atom is -0.480 e. The lowest BCUT2D eigenvalue weighted by Gasteiger charge is -1.90. The van der Waals surface area contributed by atoms with Gasteiger partial charge in [-0.2, -0.15) is 9.64 Å². The lowest BCUT2D eigenvalue weighted by Crippen LogP contribution is -1.81. The molecule has 0 saturated heterocycles. The highest BCUT2D eigenvalue weighted by atomic mass is 79.9. The molecule has 0 N–H and O–H groups in total. The summed E-state index contributed by atoms with van der Waals surface area (Å²) < 4.78 is 9.33. The van der Waals surface area contributed by atoms with Crippen LogP contribution in [-0.4, -0.2) is 11.5 Å². The van der Waals surface area contributed by atoms with Crippen molar-refractivity contribution in [2.75, 3.05) is 7.11 Å². The summed E-state index contributed by atoms with van der Waals surface area (Å²) in [6, 6.07) is 1.98. The first-order valence-electron chi connectivity index (χ1n) is 2.39. The van der Waals surface area contributed by atoms with E-state index in [1.54, 1.807) is 0 Å². The fourth-order valence-electron chi connectivity index (χ4n) is 0.461. The summed E-state index contributed by atoms with van der Waals surface area (Å²) >= 11 is 4.29. The maximum Gasteiger partial charge on any atom is 0.240 e. The van der Waals surface area contributed by atoms with Gasteiger partial charge < -0.3 is 4.74 Å². The quantitative estimate of drug-likeness (QED) is 0.723. The number of hydrogen-bond donors (Lipinski definition) is 0. The number of halogens is 1. The number of ether oxygens (including phenoxy) is 1. The van der Waals surface area contributed by atoms with Crippen molar-refractivity contribution in [3.63, 3.8) is 0 Å². The van der Waals surface area contributed by atoms with Crippen LogP contribution in [0, 0.1) is 11.3 Å². The third-order valence-corrected chi connectivity index (χ3v) is 2.64. The second-order valence-electron chi connectivity index (χ2n) is 1.45. The smallest absolute Gasteiger partial charge is 0.240 e. The van der Waals surface area contributed by atoms with E-state index in [1.807, 2.05) is 6.07 Å². The second kappa shape index (κ2) is 2.99. The SMILES string of the molecule is COc1nsc(C#N)c1Br. The number of nitriles is 1. The largest absolute Gasteiger partial charge is 0.480 e. The third-order valence-electron chi connectivity index (χ3n) is 0.902. The zero-order valence-corrected chi connectivity index (χ0v) is 7.49. The molecule has 0 aliphatic rings. The fraction of sp³-hybridized carbons (Fsp3) is 0.200. The summed E-state index contributed by atoms with van der Waals surface area (Å²) in [6.07, 6.45) is 0. The van der Waals surface area contributed by atoms with E-state index < -0.39 is 0 Å². The van der Waals surface area contributed by atoms with Crippen LogP contribution in [0.1, 0.15) is 4.88 Å². The number of rotatable bonds is 1. The Labute approximate surface area is 70.5 Å². The molecule has 0 unspecified atom stereocenters. The van der Waals surface area contributed by atoms with E-state index in [9.17, 15) is 0 Å². The molecule has 0 amide bonds. The average Bonchev–Trinajstić information content (AvgIpc) is 2.30. The van der Waals surface area contributed by atoms with Gasteiger partial charge in [0, 0.05) is 0 Å². The predicted molar refractivity (Wildman–Crippen MR) is 41.1 cm³/mol. The molecule has 0 aromatic carbocycles. The van der Waals surface area contributed by atoms with Gasteiger partial charge in [0.05, 0.1) is 7.11 Å². The topological polar surface area (TPSA) is 45.9 Å². The average molecular weight is 219 g/mol. The van der Waals surface area contributed by atoms with Crippen LogP contribution < -0.4 is 4.74 Å². The zero-order chi connectivity index (χ0) is 7.56. The van der Waals surface area contributed by atoms with Gasteiger partial charge in [-0.15, -0.1) is 0 Å². The zero-order valence-electron chi connectivity index (χ0n) is 5.09. The Morgan fingerprint density at radius 2 is 2.50 bits per heavy atom. The molecule has 0 bridgehead atoms. The molecule has 5 heteroatoms. The maximum absolute atomic E-state index is 8.46. The molecule has 3 nitrogen and oxygen atoms in total. The molecule has 0 radical (unpaired) electrons. The van der Waals surface area contributed by atoms with E-state index in [2.05, 4.69) is 20.3 Å². The Balaban J connectivity index is 3.12. The minimum absolute atomic E-state index is 0.474. The molecule has 52 valence electrons. The van der Waals surface area contributed by atoms with Crippen LogP contribution in [0.5, 0.6) is 5.88 Å². The van der Waals surface area contributed by atoms with Gasteiger partial charge in [0.15, 0.2) is 0 Å². The van der Waals surface area contributed by atoms with Crippen molar-refractivity contribution in [2.45, 2.75) is 0 Å². The predicted octanol–water partition coefficient (Wildman–Crippen LogP) is 1.79. The number of aromatic nitrogens is 1. The lowest BCUT2D eigenvalue weighted by molar-refractivity contribution is 0.400. The Morgan fingerprint density at radius 1 is 1.80 bits per heavy atom. The van der Waals surface area contributed by atoms with Gasteiger partial charge in [-0.25, -0.2) is 0 Å². The van der Waals surface area contributed by atoms with Crippen LogP contribution in [0.25, 0.3) is 0 Å². The first-order valence-corrected chi connectivity index (χ1v) is 3.95. The molecule has 0 spiro atoms. The Morgan fingerprint density at radius 3 is 2.80 bits per heavy atom. The van der Waals surface area contributed by atoms with Gasteiger partial charge in [-0.1, -0.05) is 0 Å². The molecular weight excluding hydrogens is 216 g/mol. The Bertz CT molecular complexity index is 278. The van der Waals surface area contributed by atoms with E-state index in [0.29, 0.717) is 15.2 Å². The molecule has 0 fully saturated rings. The molecule has 10 heavy (non-hydrogen) atoms. The molecule has 1 heterocycles. The van der Waals surface area contributed by atoms with Crippen molar-refractivity contribution in [3.8, 4) is 11.9 Å². The van der Waals surface area contributed by atoms with Crippen LogP contribution in [-0.2, 0) is 0 Å². The van der Waals surface area contributed by atoms with E-state index in [0.717, 1.165) is 11.5 Å². The first-order chi connectivity index (χ1) is 4.79. The molecule has 1 aromatic heterocycles. The van der Waals surface area contributed by atoms with Gasteiger partial charge in [0.2, 0.25) is 5.88 Å². The van der Waals surface area contributed by atoms with Crippen LogP contribution in [0.2, 0.25) is 0 Å². The Kier molecular flexibility index (Phi) is 2.25. The molecule has 0 saturated carbocycles. The first kappa shape index (κ1) is 7.51. The number of hydrogen-bond acceptors (Lipinski definition) is 4. The molecule has 0 atom stereocenters. The number of nitrogens with zero attached hydrogens (tertiary/aromatic N) is 2. The maximum atomic E-state index is 8.46. The van der Waals surface area contributed by atoms with Crippen molar-refractivity contribution >= 4 is 27.5 Å². The van der Waals surface area contributed by atoms with E-state index in [1.165, 1.54) is 7.11 Å². The van der Waals surface area contributed by atoms with Crippen molar-refractivity contribution in [2.24, 2.45) is 0 Å². The highest BCUT2D eigenvalue weighted by molar-refractivity contribution is 9.10. The number of methoxy groups -OCH3 is 1. The Hall–Kier alpha value is -0.600. The summed E-state index contributed by atoms with van der Waals surface area (Å²) in [6.45, 7) is 0. The minimum atomic E-state index is 0.474. The van der Waals surface area contributed by atoms with Crippen LogP contribution >= 0.6 is 27.5 Å². The van der Waals surface area contributed by atoms with Crippen LogP contribution in [0.4, 0.5) is 0 Å². The monoisotopic (exact) mass is 218 g/mol. The standard InChI is InChI=1S/C5H3BrN2OS/c1-9-5-4(6)3(2-7)10-8-5/h1H3. The summed E-state index contributed by atoms with van der Waals surface area (Å²) in [5.74, 6) is 0.474. The summed E-state index contributed by atoms with van der Waals surface area (Å²) in [7, 11) is 1.51. The van der Waals surface area contributed by atoms with Crippen molar-refractivity contribution in [3.05, 3.63) is 9.35 Å². The summed E-state index contributed by atoms with van der Waals surface area (Å²) in [4.78, 5) is 0.539. The second-order valence-corrected chi connectivity index (χ2v) is 3.01. The normalized spacial score (nSPS) is 8.90. The van der Waals surface area contributed by atoms with Crippen molar-refractivity contribution in [1.82, 2.24) is 4.37 Å². The van der Waals surface area contributed by atoms with Crippen LogP contribution in [0.15, 0.2) is 4.47 Å². The molecular formula is C5H3BrN2OS. The lowest BCUT2D eigenvalue weighted by atomic mass is 10.5. The van der Waals surface area contributed by atoms with Gasteiger partial charge in [0.1, 0.15) is 15.4 Å². The van der Waals surface area contributed by atoms with Gasteiger partial charge in [-0.3, -0.25) is 0 Å². The molecule has 0 aliphatic heterocycles. The highest BCUT2D eigenvalue weighted by Gasteiger charge is 2.09. The van der Waals surface area contributed by atoms with Gasteiger partial charge in [0.25, 0.3) is 0 Å². The highest BCUT2D eigenvalue weighted by Crippen LogP contribution is 2.29.